The van der Waals surface area contributed by atoms with E-state index in [1.165, 1.54) is 0 Å². The second-order valence-corrected chi connectivity index (χ2v) is 3.94. The molecule has 1 aromatic rings. The molecule has 2 nitrogen and oxygen atoms in total. The molecule has 0 spiro atoms. The smallest absolute Gasteiger partial charge is 0.225 e. The number of hydrogen-bond donors (Lipinski definition) is 2. The van der Waals surface area contributed by atoms with Gasteiger partial charge in [0.25, 0.3) is 0 Å². The van der Waals surface area contributed by atoms with Crippen molar-refractivity contribution >= 4 is 41.9 Å². The highest BCUT2D eigenvalue weighted by Gasteiger charge is 2.00. The first-order chi connectivity index (χ1) is 7.76. The van der Waals surface area contributed by atoms with Gasteiger partial charge in [-0.3, -0.25) is 4.79 Å². The Balaban J connectivity index is 2.57. The lowest BCUT2D eigenvalue weighted by Gasteiger charge is -2.03. The van der Waals surface area contributed by atoms with Gasteiger partial charge in [-0.1, -0.05) is 24.3 Å². The minimum absolute atomic E-state index is 0.0614. The van der Waals surface area contributed by atoms with Gasteiger partial charge in [-0.05, 0) is 17.7 Å². The summed E-state index contributed by atoms with van der Waals surface area (Å²) in [5.41, 5.74) is 1.88. The van der Waals surface area contributed by atoms with Gasteiger partial charge < -0.3 is 5.32 Å². The van der Waals surface area contributed by atoms with Gasteiger partial charge in [0.15, 0.2) is 0 Å². The third kappa shape index (κ3) is 4.73. The predicted molar refractivity (Wildman–Crippen MR) is 73.3 cm³/mol. The molecule has 1 rings (SSSR count). The molecule has 0 unspecified atom stereocenters. The van der Waals surface area contributed by atoms with Crippen molar-refractivity contribution in [2.75, 3.05) is 16.9 Å². The second kappa shape index (κ2) is 7.36. The number of amides is 1. The molecule has 0 radical (unpaired) electrons. The fourth-order valence-electron chi connectivity index (χ4n) is 1.18. The molecule has 16 heavy (non-hydrogen) atoms. The van der Waals surface area contributed by atoms with Gasteiger partial charge >= 0.3 is 0 Å². The van der Waals surface area contributed by atoms with Gasteiger partial charge in [-0.2, -0.15) is 12.6 Å². The zero-order valence-electron chi connectivity index (χ0n) is 8.82. The standard InChI is InChI=1S/C12H14ClNOS/c13-8-7-12(15)14-11-5-3-10(4-6-11)2-1-9-16/h1-6,16H,7-9H2,(H,14,15). The third-order valence-electron chi connectivity index (χ3n) is 1.93. The Bertz CT molecular complexity index is 362. The maximum Gasteiger partial charge on any atom is 0.225 e. The molecule has 0 aromatic heterocycles. The molecule has 0 saturated heterocycles. The van der Waals surface area contributed by atoms with Crippen LogP contribution >= 0.6 is 24.2 Å². The Morgan fingerprint density at radius 3 is 2.62 bits per heavy atom. The van der Waals surface area contributed by atoms with E-state index < -0.39 is 0 Å². The largest absolute Gasteiger partial charge is 0.326 e. The molecule has 0 atom stereocenters. The van der Waals surface area contributed by atoms with E-state index >= 15 is 0 Å². The molecule has 0 bridgehead atoms. The summed E-state index contributed by atoms with van der Waals surface area (Å²) < 4.78 is 0. The van der Waals surface area contributed by atoms with Crippen molar-refractivity contribution in [2.24, 2.45) is 0 Å². The molecule has 0 aliphatic heterocycles. The lowest BCUT2D eigenvalue weighted by Crippen LogP contribution is -2.11. The number of hydrogen-bond acceptors (Lipinski definition) is 2. The summed E-state index contributed by atoms with van der Waals surface area (Å²) in [6.45, 7) is 0. The van der Waals surface area contributed by atoms with E-state index in [4.69, 9.17) is 11.6 Å². The number of carbonyl (C=O) groups excluding carboxylic acids is 1. The number of benzene rings is 1. The first kappa shape index (κ1) is 13.1. The molecule has 0 saturated carbocycles. The Kier molecular flexibility index (Phi) is 6.04. The molecular formula is C12H14ClNOS. The summed E-state index contributed by atoms with van der Waals surface area (Å²) >= 11 is 9.55. The fourth-order valence-corrected chi connectivity index (χ4v) is 1.45. The average Bonchev–Trinajstić information content (AvgIpc) is 2.28. The van der Waals surface area contributed by atoms with Crippen LogP contribution in [0.25, 0.3) is 6.08 Å². The maximum atomic E-state index is 11.2. The van der Waals surface area contributed by atoms with E-state index in [9.17, 15) is 4.79 Å². The van der Waals surface area contributed by atoms with Crippen molar-refractivity contribution in [2.45, 2.75) is 6.42 Å². The van der Waals surface area contributed by atoms with Crippen LogP contribution < -0.4 is 5.32 Å². The van der Waals surface area contributed by atoms with Gasteiger partial charge in [0.1, 0.15) is 0 Å². The SMILES string of the molecule is O=C(CCCl)Nc1ccc(C=CCS)cc1. The number of anilines is 1. The minimum atomic E-state index is -0.0614. The van der Waals surface area contributed by atoms with E-state index in [0.29, 0.717) is 18.1 Å². The normalized spacial score (nSPS) is 10.6. The van der Waals surface area contributed by atoms with Crippen molar-refractivity contribution < 1.29 is 4.79 Å². The summed E-state index contributed by atoms with van der Waals surface area (Å²) in [4.78, 5) is 11.2. The Hall–Kier alpha value is -0.930. The number of thiol groups is 1. The third-order valence-corrected chi connectivity index (χ3v) is 2.33. The van der Waals surface area contributed by atoms with E-state index in [1.54, 1.807) is 0 Å². The van der Waals surface area contributed by atoms with E-state index in [0.717, 1.165) is 11.3 Å². The zero-order valence-corrected chi connectivity index (χ0v) is 10.5. The minimum Gasteiger partial charge on any atom is -0.326 e. The number of alkyl halides is 1. The average molecular weight is 256 g/mol. The fraction of sp³-hybridized carbons (Fsp3) is 0.250. The van der Waals surface area contributed by atoms with Crippen molar-refractivity contribution in [3.05, 3.63) is 35.9 Å². The summed E-state index contributed by atoms with van der Waals surface area (Å²) in [6, 6.07) is 7.61. The maximum absolute atomic E-state index is 11.2. The van der Waals surface area contributed by atoms with Gasteiger partial charge in [0, 0.05) is 23.7 Å². The van der Waals surface area contributed by atoms with Crippen LogP contribution in [0.5, 0.6) is 0 Å². The van der Waals surface area contributed by atoms with Gasteiger partial charge in [-0.25, -0.2) is 0 Å². The Labute approximate surface area is 106 Å². The molecule has 1 N–H and O–H groups in total. The Morgan fingerprint density at radius 2 is 2.06 bits per heavy atom. The molecule has 0 aliphatic rings. The molecule has 0 heterocycles. The van der Waals surface area contributed by atoms with Crippen molar-refractivity contribution in [3.8, 4) is 0 Å². The first-order valence-corrected chi connectivity index (χ1v) is 6.16. The molecule has 86 valence electrons. The monoisotopic (exact) mass is 255 g/mol. The van der Waals surface area contributed by atoms with Crippen LogP contribution in [-0.2, 0) is 4.79 Å². The molecule has 1 amide bonds. The molecule has 4 heteroatoms. The number of halogens is 1. The highest BCUT2D eigenvalue weighted by molar-refractivity contribution is 7.80. The van der Waals surface area contributed by atoms with Gasteiger partial charge in [0.2, 0.25) is 5.91 Å². The van der Waals surface area contributed by atoms with Crippen molar-refractivity contribution in [3.63, 3.8) is 0 Å². The van der Waals surface area contributed by atoms with Gasteiger partial charge in [0.05, 0.1) is 0 Å². The summed E-state index contributed by atoms with van der Waals surface area (Å²) in [6.07, 6.45) is 4.28. The predicted octanol–water partition coefficient (Wildman–Crippen LogP) is 3.20. The number of carbonyl (C=O) groups is 1. The quantitative estimate of drug-likeness (QED) is 0.614. The van der Waals surface area contributed by atoms with Crippen molar-refractivity contribution in [1.82, 2.24) is 0 Å². The van der Waals surface area contributed by atoms with E-state index in [1.807, 2.05) is 36.4 Å². The van der Waals surface area contributed by atoms with Crippen LogP contribution in [0.4, 0.5) is 5.69 Å². The van der Waals surface area contributed by atoms with E-state index in [-0.39, 0.29) is 5.91 Å². The molecular weight excluding hydrogens is 242 g/mol. The highest BCUT2D eigenvalue weighted by Crippen LogP contribution is 2.11. The van der Waals surface area contributed by atoms with Gasteiger partial charge in [-0.15, -0.1) is 11.6 Å². The number of nitrogens with one attached hydrogen (secondary N) is 1. The molecule has 0 aliphatic carbocycles. The second-order valence-electron chi connectivity index (χ2n) is 3.19. The molecule has 0 fully saturated rings. The zero-order chi connectivity index (χ0) is 11.8. The lowest BCUT2D eigenvalue weighted by molar-refractivity contribution is -0.115. The van der Waals surface area contributed by atoms with Crippen LogP contribution in [0.2, 0.25) is 0 Å². The van der Waals surface area contributed by atoms with Crippen molar-refractivity contribution in [1.29, 1.82) is 0 Å². The van der Waals surface area contributed by atoms with Crippen LogP contribution in [0.15, 0.2) is 30.3 Å². The topological polar surface area (TPSA) is 29.1 Å². The lowest BCUT2D eigenvalue weighted by atomic mass is 10.2. The van der Waals surface area contributed by atoms with Crippen LogP contribution in [-0.4, -0.2) is 17.5 Å². The van der Waals surface area contributed by atoms with Crippen LogP contribution in [0, 0.1) is 0 Å². The summed E-state index contributed by atoms with van der Waals surface area (Å²) in [7, 11) is 0. The summed E-state index contributed by atoms with van der Waals surface area (Å²) in [5, 5.41) is 2.76. The Morgan fingerprint density at radius 1 is 1.38 bits per heavy atom. The van der Waals surface area contributed by atoms with Crippen LogP contribution in [0.3, 0.4) is 0 Å². The first-order valence-electron chi connectivity index (χ1n) is 4.99. The summed E-state index contributed by atoms with van der Waals surface area (Å²) in [5.74, 6) is 0.997. The highest BCUT2D eigenvalue weighted by atomic mass is 35.5. The molecule has 1 aromatic carbocycles. The van der Waals surface area contributed by atoms with E-state index in [2.05, 4.69) is 17.9 Å². The number of rotatable bonds is 5. The van der Waals surface area contributed by atoms with Crippen LogP contribution in [0.1, 0.15) is 12.0 Å².